The number of carbonyl (C=O) groups is 2. The number of rotatable bonds is 4. The second-order valence-corrected chi connectivity index (χ2v) is 7.03. The van der Waals surface area contributed by atoms with Gasteiger partial charge < -0.3 is 16.0 Å². The topological polar surface area (TPSA) is 75.4 Å². The van der Waals surface area contributed by atoms with E-state index >= 15 is 0 Å². The summed E-state index contributed by atoms with van der Waals surface area (Å²) in [5.41, 5.74) is 7.13. The first-order valence-electron chi connectivity index (χ1n) is 8.41. The molecule has 4 unspecified atom stereocenters. The van der Waals surface area contributed by atoms with Crippen LogP contribution in [-0.4, -0.2) is 35.8 Å². The Labute approximate surface area is 137 Å². The molecule has 0 radical (unpaired) electrons. The molecule has 1 heterocycles. The van der Waals surface area contributed by atoms with E-state index < -0.39 is 0 Å². The number of anilines is 1. The first-order chi connectivity index (χ1) is 11.0. The van der Waals surface area contributed by atoms with Gasteiger partial charge in [-0.1, -0.05) is 6.92 Å². The third-order valence-corrected chi connectivity index (χ3v) is 5.10. The van der Waals surface area contributed by atoms with Crippen LogP contribution in [0.2, 0.25) is 0 Å². The fraction of sp³-hybridized carbons (Fsp3) is 0.556. The molecule has 1 aromatic rings. The van der Waals surface area contributed by atoms with Crippen molar-refractivity contribution in [3.05, 3.63) is 29.8 Å². The van der Waals surface area contributed by atoms with Gasteiger partial charge in [-0.3, -0.25) is 9.59 Å². The van der Waals surface area contributed by atoms with E-state index in [4.69, 9.17) is 5.73 Å². The summed E-state index contributed by atoms with van der Waals surface area (Å²) in [6.45, 7) is 5.50. The SMILES string of the molecule is CC1CC1C(=O)Nc1ccc(C(=O)N2CC(CN)CC2C)cc1. The van der Waals surface area contributed by atoms with Crippen LogP contribution in [0.5, 0.6) is 0 Å². The van der Waals surface area contributed by atoms with Crippen molar-refractivity contribution in [2.45, 2.75) is 32.7 Å². The third kappa shape index (κ3) is 3.39. The fourth-order valence-corrected chi connectivity index (χ4v) is 3.38. The van der Waals surface area contributed by atoms with Gasteiger partial charge in [0.1, 0.15) is 0 Å². The molecule has 3 rings (SSSR count). The van der Waals surface area contributed by atoms with E-state index in [-0.39, 0.29) is 23.8 Å². The first kappa shape index (κ1) is 16.0. The summed E-state index contributed by atoms with van der Waals surface area (Å²) in [6, 6.07) is 7.42. The van der Waals surface area contributed by atoms with E-state index in [1.165, 1.54) is 0 Å². The average Bonchev–Trinajstić information content (AvgIpc) is 3.16. The minimum Gasteiger partial charge on any atom is -0.336 e. The summed E-state index contributed by atoms with van der Waals surface area (Å²) in [5.74, 6) is 1.16. The number of amides is 2. The molecule has 5 heteroatoms. The molecule has 2 fully saturated rings. The molecule has 23 heavy (non-hydrogen) atoms. The molecule has 0 aromatic heterocycles. The minimum absolute atomic E-state index is 0.0436. The largest absolute Gasteiger partial charge is 0.336 e. The maximum absolute atomic E-state index is 12.6. The second-order valence-electron chi connectivity index (χ2n) is 7.03. The smallest absolute Gasteiger partial charge is 0.254 e. The molecule has 3 N–H and O–H groups in total. The van der Waals surface area contributed by atoms with Gasteiger partial charge in [-0.15, -0.1) is 0 Å². The third-order valence-electron chi connectivity index (χ3n) is 5.10. The molecule has 2 amide bonds. The number of carbonyl (C=O) groups excluding carboxylic acids is 2. The highest BCUT2D eigenvalue weighted by Crippen LogP contribution is 2.38. The van der Waals surface area contributed by atoms with Crippen molar-refractivity contribution in [3.63, 3.8) is 0 Å². The zero-order chi connectivity index (χ0) is 16.6. The van der Waals surface area contributed by atoms with Gasteiger partial charge in [0, 0.05) is 29.8 Å². The van der Waals surface area contributed by atoms with E-state index in [9.17, 15) is 9.59 Å². The number of hydrogen-bond acceptors (Lipinski definition) is 3. The van der Waals surface area contributed by atoms with Crippen molar-refractivity contribution >= 4 is 17.5 Å². The molecule has 1 saturated carbocycles. The summed E-state index contributed by atoms with van der Waals surface area (Å²) in [5, 5.41) is 2.91. The van der Waals surface area contributed by atoms with Crippen molar-refractivity contribution in [1.29, 1.82) is 0 Å². The number of benzene rings is 1. The van der Waals surface area contributed by atoms with Crippen LogP contribution in [0.4, 0.5) is 5.69 Å². The minimum atomic E-state index is 0.0436. The Kier molecular flexibility index (Phi) is 4.39. The van der Waals surface area contributed by atoms with E-state index in [2.05, 4.69) is 19.2 Å². The molecule has 1 aliphatic heterocycles. The number of hydrogen-bond donors (Lipinski definition) is 2. The van der Waals surface area contributed by atoms with Gasteiger partial charge in [-0.05, 0) is 62.4 Å². The quantitative estimate of drug-likeness (QED) is 0.893. The zero-order valence-electron chi connectivity index (χ0n) is 13.8. The van der Waals surface area contributed by atoms with Crippen molar-refractivity contribution in [3.8, 4) is 0 Å². The number of likely N-dealkylation sites (tertiary alicyclic amines) is 1. The van der Waals surface area contributed by atoms with Crippen LogP contribution in [0.25, 0.3) is 0 Å². The summed E-state index contributed by atoms with van der Waals surface area (Å²) < 4.78 is 0. The van der Waals surface area contributed by atoms with Gasteiger partial charge in [0.2, 0.25) is 5.91 Å². The van der Waals surface area contributed by atoms with E-state index in [0.717, 1.165) is 25.1 Å². The van der Waals surface area contributed by atoms with Gasteiger partial charge >= 0.3 is 0 Å². The van der Waals surface area contributed by atoms with Gasteiger partial charge in [0.05, 0.1) is 0 Å². The highest BCUT2D eigenvalue weighted by molar-refractivity contribution is 5.97. The Morgan fingerprint density at radius 2 is 1.87 bits per heavy atom. The predicted octanol–water partition coefficient (Wildman–Crippen LogP) is 2.09. The Morgan fingerprint density at radius 3 is 2.39 bits per heavy atom. The molecule has 1 aromatic carbocycles. The molecule has 1 saturated heterocycles. The number of nitrogens with two attached hydrogens (primary N) is 1. The lowest BCUT2D eigenvalue weighted by molar-refractivity contribution is -0.117. The highest BCUT2D eigenvalue weighted by Gasteiger charge is 2.39. The first-order valence-corrected chi connectivity index (χ1v) is 8.41. The van der Waals surface area contributed by atoms with Crippen molar-refractivity contribution in [2.24, 2.45) is 23.5 Å². The van der Waals surface area contributed by atoms with E-state index in [0.29, 0.717) is 23.9 Å². The molecule has 1 aliphatic carbocycles. The molecule has 0 spiro atoms. The van der Waals surface area contributed by atoms with Crippen LogP contribution >= 0.6 is 0 Å². The van der Waals surface area contributed by atoms with Gasteiger partial charge in [-0.25, -0.2) is 0 Å². The summed E-state index contributed by atoms with van der Waals surface area (Å²) in [6.07, 6.45) is 1.94. The standard InChI is InChI=1S/C18H25N3O2/c1-11-7-16(11)17(22)20-15-5-3-14(4-6-15)18(23)21-10-13(9-19)8-12(21)2/h3-6,11-13,16H,7-10,19H2,1-2H3,(H,20,22). The molecule has 0 bridgehead atoms. The lowest BCUT2D eigenvalue weighted by Gasteiger charge is -2.21. The molecule has 124 valence electrons. The summed E-state index contributed by atoms with van der Waals surface area (Å²) in [4.78, 5) is 26.4. The molecular formula is C18H25N3O2. The van der Waals surface area contributed by atoms with Gasteiger partial charge in [0.15, 0.2) is 0 Å². The van der Waals surface area contributed by atoms with Crippen LogP contribution in [0.1, 0.15) is 37.0 Å². The maximum atomic E-state index is 12.6. The number of nitrogens with one attached hydrogen (secondary N) is 1. The summed E-state index contributed by atoms with van der Waals surface area (Å²) >= 11 is 0. The Bertz CT molecular complexity index is 599. The second kappa shape index (κ2) is 6.32. The lowest BCUT2D eigenvalue weighted by atomic mass is 10.1. The van der Waals surface area contributed by atoms with Gasteiger partial charge in [0.25, 0.3) is 5.91 Å². The normalized spacial score (nSPS) is 29.4. The number of nitrogens with zero attached hydrogens (tertiary/aromatic N) is 1. The van der Waals surface area contributed by atoms with Crippen LogP contribution in [0.15, 0.2) is 24.3 Å². The van der Waals surface area contributed by atoms with Crippen molar-refractivity contribution in [1.82, 2.24) is 4.90 Å². The molecule has 5 nitrogen and oxygen atoms in total. The monoisotopic (exact) mass is 315 g/mol. The fourth-order valence-electron chi connectivity index (χ4n) is 3.38. The van der Waals surface area contributed by atoms with Crippen molar-refractivity contribution in [2.75, 3.05) is 18.4 Å². The van der Waals surface area contributed by atoms with E-state index in [1.807, 2.05) is 4.90 Å². The Hall–Kier alpha value is -1.88. The van der Waals surface area contributed by atoms with Gasteiger partial charge in [-0.2, -0.15) is 0 Å². The van der Waals surface area contributed by atoms with Crippen LogP contribution in [0, 0.1) is 17.8 Å². The van der Waals surface area contributed by atoms with Crippen LogP contribution in [0.3, 0.4) is 0 Å². The van der Waals surface area contributed by atoms with Crippen LogP contribution in [-0.2, 0) is 4.79 Å². The van der Waals surface area contributed by atoms with Crippen molar-refractivity contribution < 1.29 is 9.59 Å². The summed E-state index contributed by atoms with van der Waals surface area (Å²) in [7, 11) is 0. The highest BCUT2D eigenvalue weighted by atomic mass is 16.2. The molecule has 4 atom stereocenters. The predicted molar refractivity (Wildman–Crippen MR) is 90.0 cm³/mol. The maximum Gasteiger partial charge on any atom is 0.254 e. The lowest BCUT2D eigenvalue weighted by Crippen LogP contribution is -2.34. The Morgan fingerprint density at radius 1 is 1.22 bits per heavy atom. The zero-order valence-corrected chi connectivity index (χ0v) is 13.8. The molecule has 2 aliphatic rings. The van der Waals surface area contributed by atoms with Crippen LogP contribution < -0.4 is 11.1 Å². The average molecular weight is 315 g/mol. The molecular weight excluding hydrogens is 290 g/mol. The van der Waals surface area contributed by atoms with E-state index in [1.54, 1.807) is 24.3 Å². The Balaban J connectivity index is 1.62.